The number of aromatic nitrogens is 1. The first kappa shape index (κ1) is 10.5. The Labute approximate surface area is 92.8 Å². The summed E-state index contributed by atoms with van der Waals surface area (Å²) in [5.74, 6) is 0.00894. The summed E-state index contributed by atoms with van der Waals surface area (Å²) in [7, 11) is 0. The maximum Gasteiger partial charge on any atom is 0.235 e. The van der Waals surface area contributed by atoms with Crippen LogP contribution in [0.25, 0.3) is 0 Å². The molecule has 1 aromatic heterocycles. The molecule has 0 aliphatic carbocycles. The summed E-state index contributed by atoms with van der Waals surface area (Å²) in [5.41, 5.74) is 0.839. The van der Waals surface area contributed by atoms with Crippen molar-refractivity contribution in [3.63, 3.8) is 0 Å². The molecule has 1 aliphatic heterocycles. The fourth-order valence-electron chi connectivity index (χ4n) is 1.75. The lowest BCUT2D eigenvalue weighted by Crippen LogP contribution is -2.25. The molecule has 1 aliphatic rings. The molecular formula is C11H11N3O2. The van der Waals surface area contributed by atoms with Crippen LogP contribution >= 0.6 is 0 Å². The molecule has 0 bridgehead atoms. The third kappa shape index (κ3) is 2.32. The van der Waals surface area contributed by atoms with E-state index in [4.69, 9.17) is 0 Å². The van der Waals surface area contributed by atoms with E-state index in [0.717, 1.165) is 5.69 Å². The van der Waals surface area contributed by atoms with Crippen molar-refractivity contribution in [3.8, 4) is 0 Å². The molecule has 16 heavy (non-hydrogen) atoms. The second kappa shape index (κ2) is 4.68. The summed E-state index contributed by atoms with van der Waals surface area (Å²) in [6.45, 7) is 0.954. The van der Waals surface area contributed by atoms with Crippen LogP contribution in [-0.2, 0) is 16.1 Å². The second-order valence-corrected chi connectivity index (χ2v) is 3.67. The van der Waals surface area contributed by atoms with Crippen molar-refractivity contribution in [2.24, 2.45) is 4.99 Å². The number of hydrogen-bond acceptors (Lipinski definition) is 4. The molecule has 82 valence electrons. The first-order valence-corrected chi connectivity index (χ1v) is 5.04. The lowest BCUT2D eigenvalue weighted by atomic mass is 10.3. The molecule has 2 rings (SSSR count). The summed E-state index contributed by atoms with van der Waals surface area (Å²) in [6, 6.07) is 5.33. The van der Waals surface area contributed by atoms with Crippen LogP contribution in [0.3, 0.4) is 0 Å². The number of hydrogen-bond donors (Lipinski definition) is 0. The average Bonchev–Trinajstić information content (AvgIpc) is 2.61. The van der Waals surface area contributed by atoms with E-state index in [0.29, 0.717) is 19.5 Å². The molecule has 5 heteroatoms. The number of carbonyl (C=O) groups excluding carboxylic acids is 2. The molecule has 0 radical (unpaired) electrons. The third-order valence-corrected chi connectivity index (χ3v) is 2.51. The van der Waals surface area contributed by atoms with Crippen molar-refractivity contribution in [3.05, 3.63) is 30.1 Å². The van der Waals surface area contributed by atoms with Crippen LogP contribution < -0.4 is 0 Å². The highest BCUT2D eigenvalue weighted by molar-refractivity contribution is 5.79. The third-order valence-electron chi connectivity index (χ3n) is 2.51. The van der Waals surface area contributed by atoms with Crippen molar-refractivity contribution in [2.75, 3.05) is 6.54 Å². The van der Waals surface area contributed by atoms with Crippen LogP contribution in [0.2, 0.25) is 0 Å². The Hall–Kier alpha value is -2.00. The zero-order chi connectivity index (χ0) is 11.4. The van der Waals surface area contributed by atoms with Gasteiger partial charge in [0.15, 0.2) is 0 Å². The maximum atomic E-state index is 11.6. The lowest BCUT2D eigenvalue weighted by molar-refractivity contribution is -0.128. The van der Waals surface area contributed by atoms with Gasteiger partial charge in [0.05, 0.1) is 24.7 Å². The van der Waals surface area contributed by atoms with Crippen LogP contribution in [0.15, 0.2) is 29.4 Å². The topological polar surface area (TPSA) is 62.6 Å². The van der Waals surface area contributed by atoms with Crippen LogP contribution in [0.4, 0.5) is 0 Å². The van der Waals surface area contributed by atoms with Crippen LogP contribution in [0.1, 0.15) is 12.1 Å². The van der Waals surface area contributed by atoms with Gasteiger partial charge in [-0.05, 0) is 12.1 Å². The number of carbonyl (C=O) groups is 1. The summed E-state index contributed by atoms with van der Waals surface area (Å²) in [5, 5.41) is 0. The Morgan fingerprint density at radius 1 is 1.56 bits per heavy atom. The minimum atomic E-state index is -0.242. The Balaban J connectivity index is 2.01. The van der Waals surface area contributed by atoms with Gasteiger partial charge in [0.2, 0.25) is 12.0 Å². The number of rotatable bonds is 3. The molecular weight excluding hydrogens is 206 g/mol. The highest BCUT2D eigenvalue weighted by atomic mass is 16.2. The molecule has 0 spiro atoms. The van der Waals surface area contributed by atoms with Gasteiger partial charge < -0.3 is 4.90 Å². The quantitative estimate of drug-likeness (QED) is 0.547. The first-order valence-electron chi connectivity index (χ1n) is 5.04. The van der Waals surface area contributed by atoms with E-state index in [-0.39, 0.29) is 11.9 Å². The van der Waals surface area contributed by atoms with Gasteiger partial charge in [-0.3, -0.25) is 9.78 Å². The van der Waals surface area contributed by atoms with Crippen LogP contribution in [0, 0.1) is 0 Å². The molecule has 0 saturated carbocycles. The zero-order valence-electron chi connectivity index (χ0n) is 8.67. The van der Waals surface area contributed by atoms with E-state index in [2.05, 4.69) is 9.98 Å². The van der Waals surface area contributed by atoms with Gasteiger partial charge in [-0.1, -0.05) is 6.07 Å². The van der Waals surface area contributed by atoms with Gasteiger partial charge in [-0.25, -0.2) is 9.79 Å². The fraction of sp³-hybridized carbons (Fsp3) is 0.364. The number of isocyanates is 1. The summed E-state index contributed by atoms with van der Waals surface area (Å²) in [6.07, 6.45) is 3.48. The van der Waals surface area contributed by atoms with Gasteiger partial charge in [-0.15, -0.1) is 0 Å². The number of likely N-dealkylation sites (tertiary alicyclic amines) is 1. The van der Waals surface area contributed by atoms with Gasteiger partial charge in [0, 0.05) is 12.7 Å². The fourth-order valence-corrected chi connectivity index (χ4v) is 1.75. The molecule has 1 amide bonds. The normalized spacial score (nSPS) is 19.6. The summed E-state index contributed by atoms with van der Waals surface area (Å²) >= 11 is 0. The zero-order valence-corrected chi connectivity index (χ0v) is 8.67. The van der Waals surface area contributed by atoms with Crippen molar-refractivity contribution in [1.82, 2.24) is 9.88 Å². The van der Waals surface area contributed by atoms with E-state index in [1.54, 1.807) is 11.1 Å². The highest BCUT2D eigenvalue weighted by Gasteiger charge is 2.29. The average molecular weight is 217 g/mol. The first-order chi connectivity index (χ1) is 7.79. The standard InChI is InChI=1S/C11H11N3O2/c15-8-13-10-5-11(16)14(7-10)6-9-3-1-2-4-12-9/h1-4,10H,5-7H2. The number of nitrogens with zero attached hydrogens (tertiary/aromatic N) is 3. The summed E-state index contributed by atoms with van der Waals surface area (Å²) in [4.78, 5) is 31.1. The number of aliphatic imine (C=N–C) groups is 1. The molecule has 1 saturated heterocycles. The van der Waals surface area contributed by atoms with Gasteiger partial charge in [0.1, 0.15) is 0 Å². The molecule has 5 nitrogen and oxygen atoms in total. The molecule has 2 heterocycles. The molecule has 0 N–H and O–H groups in total. The molecule has 1 aromatic rings. The van der Waals surface area contributed by atoms with E-state index in [1.807, 2.05) is 18.2 Å². The Morgan fingerprint density at radius 3 is 3.12 bits per heavy atom. The van der Waals surface area contributed by atoms with E-state index >= 15 is 0 Å². The van der Waals surface area contributed by atoms with E-state index in [1.165, 1.54) is 6.08 Å². The SMILES string of the molecule is O=C=NC1CC(=O)N(Cc2ccccn2)C1. The van der Waals surface area contributed by atoms with Crippen molar-refractivity contribution < 1.29 is 9.59 Å². The second-order valence-electron chi connectivity index (χ2n) is 3.67. The predicted octanol–water partition coefficient (Wildman–Crippen LogP) is 0.518. The van der Waals surface area contributed by atoms with Gasteiger partial charge >= 0.3 is 0 Å². The Kier molecular flexibility index (Phi) is 3.08. The molecule has 1 atom stereocenters. The van der Waals surface area contributed by atoms with Gasteiger partial charge in [0.25, 0.3) is 0 Å². The van der Waals surface area contributed by atoms with E-state index in [9.17, 15) is 9.59 Å². The number of amides is 1. The minimum Gasteiger partial charge on any atom is -0.335 e. The van der Waals surface area contributed by atoms with E-state index < -0.39 is 0 Å². The minimum absolute atomic E-state index is 0.00894. The van der Waals surface area contributed by atoms with Crippen molar-refractivity contribution in [2.45, 2.75) is 19.0 Å². The highest BCUT2D eigenvalue weighted by Crippen LogP contribution is 2.15. The lowest BCUT2D eigenvalue weighted by Gasteiger charge is -2.14. The maximum absolute atomic E-state index is 11.6. The summed E-state index contributed by atoms with van der Waals surface area (Å²) < 4.78 is 0. The largest absolute Gasteiger partial charge is 0.335 e. The predicted molar refractivity (Wildman–Crippen MR) is 56.2 cm³/mol. The Morgan fingerprint density at radius 2 is 2.44 bits per heavy atom. The van der Waals surface area contributed by atoms with Crippen molar-refractivity contribution >= 4 is 12.0 Å². The number of pyridine rings is 1. The molecule has 1 fully saturated rings. The van der Waals surface area contributed by atoms with Crippen molar-refractivity contribution in [1.29, 1.82) is 0 Å². The monoisotopic (exact) mass is 217 g/mol. The Bertz CT molecular complexity index is 426. The molecule has 1 unspecified atom stereocenters. The molecule has 0 aromatic carbocycles. The van der Waals surface area contributed by atoms with Crippen LogP contribution in [-0.4, -0.2) is 34.5 Å². The smallest absolute Gasteiger partial charge is 0.235 e. The van der Waals surface area contributed by atoms with Crippen LogP contribution in [0.5, 0.6) is 0 Å². The van der Waals surface area contributed by atoms with Gasteiger partial charge in [-0.2, -0.15) is 0 Å².